The van der Waals surface area contributed by atoms with Gasteiger partial charge in [0.1, 0.15) is 0 Å². The summed E-state index contributed by atoms with van der Waals surface area (Å²) in [6.07, 6.45) is 2.41. The van der Waals surface area contributed by atoms with Crippen LogP contribution in [-0.4, -0.2) is 72.5 Å². The summed E-state index contributed by atoms with van der Waals surface area (Å²) < 4.78 is 23.1. The fraction of sp³-hybridized carbons (Fsp3) is 0.882. The zero-order valence-corrected chi connectivity index (χ0v) is 15.5. The minimum atomic E-state index is -0.423. The lowest BCUT2D eigenvalue weighted by atomic mass is 9.92. The predicted octanol–water partition coefficient (Wildman–Crippen LogP) is -0.442. The van der Waals surface area contributed by atoms with Crippen LogP contribution in [0.4, 0.5) is 0 Å². The average molecular weight is 363 g/mol. The zero-order valence-electron chi connectivity index (χ0n) is 15.5. The predicted molar refractivity (Wildman–Crippen MR) is 100 cm³/mol. The summed E-state index contributed by atoms with van der Waals surface area (Å²) in [6.45, 7) is 9.25. The van der Waals surface area contributed by atoms with Gasteiger partial charge in [-0.1, -0.05) is 6.58 Å². The normalized spacial score (nSPS) is 11.8. The van der Waals surface area contributed by atoms with Crippen LogP contribution in [0.25, 0.3) is 0 Å². The first kappa shape index (κ1) is 24.3. The minimum absolute atomic E-state index is 0.288. The van der Waals surface area contributed by atoms with Crippen molar-refractivity contribution >= 4 is 0 Å². The van der Waals surface area contributed by atoms with Gasteiger partial charge in [0.05, 0.1) is 38.4 Å². The van der Waals surface area contributed by atoms with E-state index in [1.54, 1.807) is 0 Å². The summed E-state index contributed by atoms with van der Waals surface area (Å²) in [5.41, 5.74) is 22.2. The van der Waals surface area contributed by atoms with Crippen molar-refractivity contribution in [2.24, 2.45) is 28.3 Å². The van der Waals surface area contributed by atoms with Crippen molar-refractivity contribution in [2.45, 2.75) is 19.3 Å². The third-order valence-electron chi connectivity index (χ3n) is 3.40. The van der Waals surface area contributed by atoms with Crippen LogP contribution in [0, 0.1) is 5.41 Å². The van der Waals surface area contributed by atoms with E-state index in [1.807, 2.05) is 0 Å². The minimum Gasteiger partial charge on any atom is -0.401 e. The van der Waals surface area contributed by atoms with Crippen molar-refractivity contribution in [3.8, 4) is 0 Å². The molecular formula is C17H38N4O4. The molecule has 8 heteroatoms. The van der Waals surface area contributed by atoms with E-state index in [9.17, 15) is 0 Å². The molecule has 0 aliphatic rings. The first-order valence-corrected chi connectivity index (χ1v) is 8.94. The van der Waals surface area contributed by atoms with Crippen LogP contribution in [0.1, 0.15) is 19.3 Å². The number of nitrogens with two attached hydrogens (primary N) is 4. The Morgan fingerprint density at radius 3 is 1.36 bits per heavy atom. The van der Waals surface area contributed by atoms with E-state index >= 15 is 0 Å². The monoisotopic (exact) mass is 362 g/mol. The van der Waals surface area contributed by atoms with Gasteiger partial charge >= 0.3 is 0 Å². The SMILES string of the molecule is C=C(N)COCC(COCCCN)(COCCCN)COCCCN. The van der Waals surface area contributed by atoms with E-state index in [0.29, 0.717) is 71.6 Å². The maximum absolute atomic E-state index is 5.79. The Kier molecular flexibility index (Phi) is 16.2. The maximum atomic E-state index is 5.79. The van der Waals surface area contributed by atoms with Crippen molar-refractivity contribution < 1.29 is 18.9 Å². The smallest absolute Gasteiger partial charge is 0.0854 e. The molecule has 0 saturated carbocycles. The summed E-state index contributed by atoms with van der Waals surface area (Å²) in [7, 11) is 0. The van der Waals surface area contributed by atoms with Gasteiger partial charge in [-0.25, -0.2) is 0 Å². The van der Waals surface area contributed by atoms with Crippen molar-refractivity contribution in [3.05, 3.63) is 12.3 Å². The molecule has 0 saturated heterocycles. The molecule has 0 bridgehead atoms. The molecule has 0 aromatic rings. The second-order valence-corrected chi connectivity index (χ2v) is 6.24. The molecule has 0 aliphatic heterocycles. The summed E-state index contributed by atoms with van der Waals surface area (Å²) >= 11 is 0. The highest BCUT2D eigenvalue weighted by Gasteiger charge is 2.32. The summed E-state index contributed by atoms with van der Waals surface area (Å²) in [4.78, 5) is 0. The molecule has 0 aliphatic carbocycles. The van der Waals surface area contributed by atoms with Gasteiger partial charge in [0.25, 0.3) is 0 Å². The third-order valence-corrected chi connectivity index (χ3v) is 3.40. The van der Waals surface area contributed by atoms with Crippen LogP contribution in [-0.2, 0) is 18.9 Å². The molecule has 0 radical (unpaired) electrons. The van der Waals surface area contributed by atoms with Crippen LogP contribution in [0.5, 0.6) is 0 Å². The molecule has 0 atom stereocenters. The van der Waals surface area contributed by atoms with Crippen molar-refractivity contribution in [1.29, 1.82) is 0 Å². The Bertz CT molecular complexity index is 288. The van der Waals surface area contributed by atoms with Crippen LogP contribution in [0.2, 0.25) is 0 Å². The second kappa shape index (κ2) is 16.7. The zero-order chi connectivity index (χ0) is 18.8. The Balaban J connectivity index is 4.70. The topological polar surface area (TPSA) is 141 Å². The quantitative estimate of drug-likeness (QED) is 0.227. The molecule has 8 N–H and O–H groups in total. The van der Waals surface area contributed by atoms with Crippen molar-refractivity contribution in [2.75, 3.05) is 72.5 Å². The maximum Gasteiger partial charge on any atom is 0.0854 e. The fourth-order valence-electron chi connectivity index (χ4n) is 2.07. The van der Waals surface area contributed by atoms with Crippen molar-refractivity contribution in [3.63, 3.8) is 0 Å². The summed E-state index contributed by atoms with van der Waals surface area (Å²) in [6, 6.07) is 0. The van der Waals surface area contributed by atoms with Crippen LogP contribution < -0.4 is 22.9 Å². The Hall–Kier alpha value is -0.740. The van der Waals surface area contributed by atoms with Gasteiger partial charge in [0.2, 0.25) is 0 Å². The van der Waals surface area contributed by atoms with Gasteiger partial charge in [-0.2, -0.15) is 0 Å². The lowest BCUT2D eigenvalue weighted by Crippen LogP contribution is -2.42. The molecule has 150 valence electrons. The van der Waals surface area contributed by atoms with Gasteiger partial charge in [-0.15, -0.1) is 0 Å². The molecule has 8 nitrogen and oxygen atoms in total. The molecule has 0 unspecified atom stereocenters. The third kappa shape index (κ3) is 14.1. The highest BCUT2D eigenvalue weighted by atomic mass is 16.5. The summed E-state index contributed by atoms with van der Waals surface area (Å²) in [5, 5.41) is 0. The lowest BCUT2D eigenvalue weighted by Gasteiger charge is -2.33. The molecule has 0 rings (SSSR count). The molecule has 0 aromatic heterocycles. The molecule has 25 heavy (non-hydrogen) atoms. The van der Waals surface area contributed by atoms with Gasteiger partial charge in [-0.3, -0.25) is 0 Å². The molecule has 0 spiro atoms. The van der Waals surface area contributed by atoms with E-state index in [-0.39, 0.29) is 6.61 Å². The van der Waals surface area contributed by atoms with E-state index < -0.39 is 5.41 Å². The van der Waals surface area contributed by atoms with Crippen molar-refractivity contribution in [1.82, 2.24) is 0 Å². The van der Waals surface area contributed by atoms with Gasteiger partial charge in [0.15, 0.2) is 0 Å². The number of hydrogen-bond acceptors (Lipinski definition) is 8. The van der Waals surface area contributed by atoms with E-state index in [1.165, 1.54) is 0 Å². The standard InChI is InChI=1S/C17H38N4O4/c1-16(21)11-25-15-17(12-22-8-2-5-18,13-23-9-3-6-19)14-24-10-4-7-20/h1-15,18-21H2. The fourth-order valence-corrected chi connectivity index (χ4v) is 2.07. The van der Waals surface area contributed by atoms with Gasteiger partial charge in [-0.05, 0) is 38.9 Å². The first-order chi connectivity index (χ1) is 12.1. The summed E-state index contributed by atoms with van der Waals surface area (Å²) in [5.74, 6) is 0. The highest BCUT2D eigenvalue weighted by Crippen LogP contribution is 2.21. The molecule has 0 heterocycles. The Labute approximate surface area is 152 Å². The second-order valence-electron chi connectivity index (χ2n) is 6.24. The molecule has 0 fully saturated rings. The van der Waals surface area contributed by atoms with Crippen LogP contribution in [0.15, 0.2) is 12.3 Å². The number of rotatable bonds is 19. The number of hydrogen-bond donors (Lipinski definition) is 4. The largest absolute Gasteiger partial charge is 0.401 e. The Morgan fingerprint density at radius 1 is 0.680 bits per heavy atom. The van der Waals surface area contributed by atoms with Crippen LogP contribution >= 0.6 is 0 Å². The van der Waals surface area contributed by atoms with E-state index in [0.717, 1.165) is 19.3 Å². The first-order valence-electron chi connectivity index (χ1n) is 8.94. The average Bonchev–Trinajstić information content (AvgIpc) is 2.59. The number of ether oxygens (including phenoxy) is 4. The van der Waals surface area contributed by atoms with E-state index in [4.69, 9.17) is 41.9 Å². The Morgan fingerprint density at radius 2 is 1.04 bits per heavy atom. The molecule has 0 amide bonds. The van der Waals surface area contributed by atoms with E-state index in [2.05, 4.69) is 6.58 Å². The van der Waals surface area contributed by atoms with Gasteiger partial charge in [0, 0.05) is 25.5 Å². The lowest BCUT2D eigenvalue weighted by molar-refractivity contribution is -0.104. The molecule has 0 aromatic carbocycles. The molecular weight excluding hydrogens is 324 g/mol. The highest BCUT2D eigenvalue weighted by molar-refractivity contribution is 4.87. The van der Waals surface area contributed by atoms with Gasteiger partial charge < -0.3 is 41.9 Å². The van der Waals surface area contributed by atoms with Crippen LogP contribution in [0.3, 0.4) is 0 Å².